The number of thioether (sulfide) groups is 1. The molecular formula is C16H16OS. The first-order valence-electron chi connectivity index (χ1n) is 6.02. The summed E-state index contributed by atoms with van der Waals surface area (Å²) in [6.45, 7) is 2.09. The maximum Gasteiger partial charge on any atom is 0.193 e. The largest absolute Gasteiger partial charge is 0.289 e. The van der Waals surface area contributed by atoms with Crippen molar-refractivity contribution in [3.05, 3.63) is 65.2 Å². The third-order valence-corrected chi connectivity index (χ3v) is 3.69. The van der Waals surface area contributed by atoms with Crippen LogP contribution in [0.1, 0.15) is 28.4 Å². The van der Waals surface area contributed by atoms with E-state index in [-0.39, 0.29) is 5.78 Å². The summed E-state index contributed by atoms with van der Waals surface area (Å²) in [7, 11) is 0. The minimum absolute atomic E-state index is 0.0953. The zero-order valence-corrected chi connectivity index (χ0v) is 11.5. The highest BCUT2D eigenvalue weighted by Gasteiger charge is 2.08. The molecule has 2 aromatic carbocycles. The molecule has 0 heterocycles. The van der Waals surface area contributed by atoms with E-state index in [9.17, 15) is 4.79 Å². The first-order chi connectivity index (χ1) is 8.74. The number of ketones is 1. The van der Waals surface area contributed by atoms with Crippen molar-refractivity contribution in [3.8, 4) is 0 Å². The summed E-state index contributed by atoms with van der Waals surface area (Å²) in [5.41, 5.74) is 2.72. The molecule has 0 radical (unpaired) electrons. The van der Waals surface area contributed by atoms with Crippen LogP contribution in [0.25, 0.3) is 0 Å². The fraction of sp³-hybridized carbons (Fsp3) is 0.188. The van der Waals surface area contributed by atoms with Gasteiger partial charge in [0.2, 0.25) is 0 Å². The summed E-state index contributed by atoms with van der Waals surface area (Å²) in [5, 5.41) is 0. The van der Waals surface area contributed by atoms with Crippen LogP contribution in [0.4, 0.5) is 0 Å². The van der Waals surface area contributed by atoms with E-state index in [0.717, 1.165) is 17.5 Å². The predicted octanol–water partition coefficient (Wildman–Crippen LogP) is 4.20. The molecule has 0 aromatic heterocycles. The Morgan fingerprint density at radius 2 is 1.78 bits per heavy atom. The highest BCUT2D eigenvalue weighted by molar-refractivity contribution is 7.98. The van der Waals surface area contributed by atoms with Crippen molar-refractivity contribution in [1.82, 2.24) is 0 Å². The van der Waals surface area contributed by atoms with E-state index < -0.39 is 0 Å². The molecule has 0 atom stereocenters. The summed E-state index contributed by atoms with van der Waals surface area (Å²) in [6, 6.07) is 15.6. The van der Waals surface area contributed by atoms with Crippen molar-refractivity contribution in [1.29, 1.82) is 0 Å². The number of rotatable bonds is 4. The Hall–Kier alpha value is -1.54. The smallest absolute Gasteiger partial charge is 0.193 e. The first kappa shape index (κ1) is 12.9. The van der Waals surface area contributed by atoms with Gasteiger partial charge in [-0.25, -0.2) is 0 Å². The summed E-state index contributed by atoms with van der Waals surface area (Å²) >= 11 is 1.68. The highest BCUT2D eigenvalue weighted by atomic mass is 32.2. The van der Waals surface area contributed by atoms with Crippen LogP contribution >= 0.6 is 11.8 Å². The Morgan fingerprint density at radius 1 is 1.06 bits per heavy atom. The van der Waals surface area contributed by atoms with Crippen LogP contribution in [-0.4, -0.2) is 12.0 Å². The van der Waals surface area contributed by atoms with Crippen LogP contribution in [0.3, 0.4) is 0 Å². The van der Waals surface area contributed by atoms with Gasteiger partial charge in [-0.3, -0.25) is 4.79 Å². The van der Waals surface area contributed by atoms with E-state index in [1.807, 2.05) is 54.8 Å². The Labute approximate surface area is 112 Å². The zero-order valence-electron chi connectivity index (χ0n) is 10.6. The van der Waals surface area contributed by atoms with E-state index >= 15 is 0 Å². The normalized spacial score (nSPS) is 10.3. The second kappa shape index (κ2) is 5.87. The van der Waals surface area contributed by atoms with Gasteiger partial charge in [0.15, 0.2) is 5.78 Å². The second-order valence-electron chi connectivity index (χ2n) is 4.11. The number of hydrogen-bond acceptors (Lipinski definition) is 2. The number of hydrogen-bond donors (Lipinski definition) is 0. The van der Waals surface area contributed by atoms with Crippen LogP contribution in [0.15, 0.2) is 53.4 Å². The van der Waals surface area contributed by atoms with Crippen molar-refractivity contribution < 1.29 is 4.79 Å². The fourth-order valence-corrected chi connectivity index (χ4v) is 2.25. The maximum absolute atomic E-state index is 12.3. The van der Waals surface area contributed by atoms with Gasteiger partial charge in [-0.15, -0.1) is 11.8 Å². The van der Waals surface area contributed by atoms with E-state index in [1.54, 1.807) is 11.8 Å². The van der Waals surface area contributed by atoms with E-state index in [1.165, 1.54) is 10.5 Å². The lowest BCUT2D eigenvalue weighted by Crippen LogP contribution is -2.01. The Balaban J connectivity index is 2.29. The average molecular weight is 256 g/mol. The Morgan fingerprint density at radius 3 is 2.39 bits per heavy atom. The zero-order chi connectivity index (χ0) is 13.0. The van der Waals surface area contributed by atoms with Gasteiger partial charge >= 0.3 is 0 Å². The standard InChI is InChI=1S/C16H16OS/c1-3-12-5-4-6-14(11-12)16(17)13-7-9-15(18-2)10-8-13/h4-11H,3H2,1-2H3. The van der Waals surface area contributed by atoms with Crippen molar-refractivity contribution in [2.24, 2.45) is 0 Å². The third kappa shape index (κ3) is 2.82. The van der Waals surface area contributed by atoms with Crippen molar-refractivity contribution in [2.45, 2.75) is 18.2 Å². The van der Waals surface area contributed by atoms with Gasteiger partial charge in [0, 0.05) is 16.0 Å². The predicted molar refractivity (Wildman–Crippen MR) is 77.5 cm³/mol. The molecule has 0 spiro atoms. The van der Waals surface area contributed by atoms with Crippen LogP contribution in [0.2, 0.25) is 0 Å². The molecule has 2 aromatic rings. The lowest BCUT2D eigenvalue weighted by atomic mass is 10.0. The summed E-state index contributed by atoms with van der Waals surface area (Å²) < 4.78 is 0. The molecule has 0 aliphatic heterocycles. The lowest BCUT2D eigenvalue weighted by molar-refractivity contribution is 0.103. The third-order valence-electron chi connectivity index (χ3n) is 2.95. The van der Waals surface area contributed by atoms with Crippen LogP contribution in [-0.2, 0) is 6.42 Å². The molecule has 0 bridgehead atoms. The molecule has 2 rings (SSSR count). The van der Waals surface area contributed by atoms with Crippen molar-refractivity contribution in [3.63, 3.8) is 0 Å². The summed E-state index contributed by atoms with van der Waals surface area (Å²) in [4.78, 5) is 13.5. The maximum atomic E-state index is 12.3. The van der Waals surface area contributed by atoms with Gasteiger partial charge in [0.1, 0.15) is 0 Å². The monoisotopic (exact) mass is 256 g/mol. The van der Waals surface area contributed by atoms with Gasteiger partial charge in [0.25, 0.3) is 0 Å². The minimum Gasteiger partial charge on any atom is -0.289 e. The molecule has 0 N–H and O–H groups in total. The number of benzene rings is 2. The van der Waals surface area contributed by atoms with Crippen molar-refractivity contribution in [2.75, 3.05) is 6.26 Å². The number of carbonyl (C=O) groups excluding carboxylic acids is 1. The molecule has 0 unspecified atom stereocenters. The van der Waals surface area contributed by atoms with E-state index in [4.69, 9.17) is 0 Å². The van der Waals surface area contributed by atoms with Gasteiger partial charge in [0.05, 0.1) is 0 Å². The Bertz CT molecular complexity index is 543. The fourth-order valence-electron chi connectivity index (χ4n) is 1.84. The van der Waals surface area contributed by atoms with Crippen molar-refractivity contribution >= 4 is 17.5 Å². The quantitative estimate of drug-likeness (QED) is 0.602. The summed E-state index contributed by atoms with van der Waals surface area (Å²) in [6.07, 6.45) is 2.98. The van der Waals surface area contributed by atoms with Crippen LogP contribution in [0, 0.1) is 0 Å². The second-order valence-corrected chi connectivity index (χ2v) is 4.99. The molecule has 0 fully saturated rings. The van der Waals surface area contributed by atoms with E-state index in [2.05, 4.69) is 6.92 Å². The molecule has 0 saturated carbocycles. The van der Waals surface area contributed by atoms with Gasteiger partial charge in [-0.05, 0) is 48.6 Å². The van der Waals surface area contributed by atoms with Gasteiger partial charge in [-0.2, -0.15) is 0 Å². The highest BCUT2D eigenvalue weighted by Crippen LogP contribution is 2.17. The average Bonchev–Trinajstić information content (AvgIpc) is 2.46. The topological polar surface area (TPSA) is 17.1 Å². The van der Waals surface area contributed by atoms with Gasteiger partial charge < -0.3 is 0 Å². The molecular weight excluding hydrogens is 240 g/mol. The molecule has 2 heteroatoms. The molecule has 0 amide bonds. The molecule has 0 aliphatic rings. The minimum atomic E-state index is 0.0953. The van der Waals surface area contributed by atoms with Crippen LogP contribution < -0.4 is 0 Å². The van der Waals surface area contributed by atoms with E-state index in [0.29, 0.717) is 0 Å². The lowest BCUT2D eigenvalue weighted by Gasteiger charge is -2.04. The molecule has 0 saturated heterocycles. The SMILES string of the molecule is CCc1cccc(C(=O)c2ccc(SC)cc2)c1. The Kier molecular flexibility index (Phi) is 4.21. The first-order valence-corrected chi connectivity index (χ1v) is 7.24. The van der Waals surface area contributed by atoms with Crippen LogP contribution in [0.5, 0.6) is 0 Å². The molecule has 92 valence electrons. The molecule has 0 aliphatic carbocycles. The number of aryl methyl sites for hydroxylation is 1. The van der Waals surface area contributed by atoms with Gasteiger partial charge in [-0.1, -0.05) is 25.1 Å². The molecule has 1 nitrogen and oxygen atoms in total. The number of carbonyl (C=O) groups is 1. The summed E-state index contributed by atoms with van der Waals surface area (Å²) in [5.74, 6) is 0.0953. The molecule has 18 heavy (non-hydrogen) atoms.